The predicted octanol–water partition coefficient (Wildman–Crippen LogP) is 6.50. The number of carbonyl (C=O) groups excluding carboxylic acids is 1. The van der Waals surface area contributed by atoms with Gasteiger partial charge in [0.2, 0.25) is 5.82 Å². The van der Waals surface area contributed by atoms with Crippen molar-refractivity contribution in [1.29, 1.82) is 0 Å². The van der Waals surface area contributed by atoms with Crippen molar-refractivity contribution >= 4 is 50.0 Å². The number of ether oxygens (including phenoxy) is 1. The second kappa shape index (κ2) is 9.60. The van der Waals surface area contributed by atoms with Crippen LogP contribution in [0.5, 0.6) is 0 Å². The van der Waals surface area contributed by atoms with E-state index < -0.39 is 5.97 Å². The number of esters is 1. The molecule has 0 bridgehead atoms. The molecule has 0 fully saturated rings. The number of hydrogen-bond acceptors (Lipinski definition) is 7. The normalized spacial score (nSPS) is 11.5. The molecular weight excluding hydrogens is 550 g/mol. The van der Waals surface area contributed by atoms with Gasteiger partial charge >= 0.3 is 5.97 Å². The molecule has 3 heterocycles. The van der Waals surface area contributed by atoms with Crippen LogP contribution in [0, 0.1) is 0 Å². The topological polar surface area (TPSA) is 99.8 Å². The molecule has 0 N–H and O–H groups in total. The third kappa shape index (κ3) is 4.22. The van der Waals surface area contributed by atoms with Gasteiger partial charge in [-0.25, -0.2) is 9.78 Å². The maximum atomic E-state index is 13.5. The van der Waals surface area contributed by atoms with Gasteiger partial charge in [0, 0.05) is 15.4 Å². The molecule has 0 unspecified atom stereocenters. The molecule has 0 radical (unpaired) electrons. The van der Waals surface area contributed by atoms with Gasteiger partial charge in [-0.1, -0.05) is 46.3 Å². The van der Waals surface area contributed by atoms with Crippen LogP contribution in [0.15, 0.2) is 108 Å². The van der Waals surface area contributed by atoms with Crippen LogP contribution in [-0.2, 0) is 4.74 Å². The first-order chi connectivity index (χ1) is 18.5. The molecule has 0 spiro atoms. The zero-order valence-corrected chi connectivity index (χ0v) is 21.5. The molecule has 3 aromatic heterocycles. The Morgan fingerprint density at radius 2 is 1.79 bits per heavy atom. The van der Waals surface area contributed by atoms with E-state index >= 15 is 0 Å². The molecule has 0 aliphatic heterocycles. The summed E-state index contributed by atoms with van der Waals surface area (Å²) < 4.78 is 18.9. The molecule has 3 aromatic carbocycles. The number of halogens is 1. The Hall–Kier alpha value is -4.76. The molecular formula is C29H18BrN3O5. The minimum atomic E-state index is -0.469. The number of hydrogen-bond donors (Lipinski definition) is 0. The first-order valence-corrected chi connectivity index (χ1v) is 12.3. The number of methoxy groups -OCH3 is 1. The van der Waals surface area contributed by atoms with Crippen molar-refractivity contribution in [2.24, 2.45) is 5.10 Å². The van der Waals surface area contributed by atoms with Gasteiger partial charge in [-0.3, -0.25) is 4.79 Å². The summed E-state index contributed by atoms with van der Waals surface area (Å²) in [5.41, 5.74) is 1.78. The largest absolute Gasteiger partial charge is 0.465 e. The van der Waals surface area contributed by atoms with Crippen LogP contribution in [0.4, 0.5) is 0 Å². The Morgan fingerprint density at radius 3 is 2.66 bits per heavy atom. The number of nitrogens with zero attached hydrogens (tertiary/aromatic N) is 3. The lowest BCUT2D eigenvalue weighted by Crippen LogP contribution is -2.20. The summed E-state index contributed by atoms with van der Waals surface area (Å²) in [5, 5.41) is 5.70. The Balaban J connectivity index is 1.45. The molecule has 6 aromatic rings. The van der Waals surface area contributed by atoms with Crippen molar-refractivity contribution < 1.29 is 18.4 Å². The van der Waals surface area contributed by atoms with Crippen molar-refractivity contribution in [2.75, 3.05) is 7.11 Å². The van der Waals surface area contributed by atoms with E-state index in [2.05, 4.69) is 21.0 Å². The molecule has 6 rings (SSSR count). The van der Waals surface area contributed by atoms with Gasteiger partial charge in [0.25, 0.3) is 5.56 Å². The number of furan rings is 2. The highest BCUT2D eigenvalue weighted by Crippen LogP contribution is 2.30. The van der Waals surface area contributed by atoms with Crippen molar-refractivity contribution in [1.82, 2.24) is 9.66 Å². The molecule has 0 amide bonds. The summed E-state index contributed by atoms with van der Waals surface area (Å²) in [6, 6.07) is 24.9. The Morgan fingerprint density at radius 1 is 0.974 bits per heavy atom. The van der Waals surface area contributed by atoms with Gasteiger partial charge in [-0.05, 0) is 54.6 Å². The summed E-state index contributed by atoms with van der Waals surface area (Å²) in [6.45, 7) is 0. The third-order valence-electron chi connectivity index (χ3n) is 5.98. The van der Waals surface area contributed by atoms with E-state index in [4.69, 9.17) is 18.6 Å². The van der Waals surface area contributed by atoms with Gasteiger partial charge in [0.1, 0.15) is 17.1 Å². The van der Waals surface area contributed by atoms with Gasteiger partial charge in [0.05, 0.1) is 29.8 Å². The average Bonchev–Trinajstić information content (AvgIpc) is 3.59. The highest BCUT2D eigenvalue weighted by molar-refractivity contribution is 9.10. The molecule has 0 saturated carbocycles. The molecule has 8 nitrogen and oxygen atoms in total. The molecule has 0 atom stereocenters. The Bertz CT molecular complexity index is 1930. The van der Waals surface area contributed by atoms with Crippen LogP contribution in [0.3, 0.4) is 0 Å². The monoisotopic (exact) mass is 567 g/mol. The molecule has 9 heteroatoms. The van der Waals surface area contributed by atoms with Crippen molar-refractivity contribution in [3.8, 4) is 22.9 Å². The molecule has 0 saturated heterocycles. The molecule has 186 valence electrons. The zero-order chi connectivity index (χ0) is 26.2. The zero-order valence-electron chi connectivity index (χ0n) is 19.9. The second-order valence-electron chi connectivity index (χ2n) is 8.35. The summed E-state index contributed by atoms with van der Waals surface area (Å²) in [6.07, 6.45) is 1.42. The highest BCUT2D eigenvalue weighted by atomic mass is 79.9. The van der Waals surface area contributed by atoms with Gasteiger partial charge in [-0.15, -0.1) is 0 Å². The number of para-hydroxylation sites is 1. The van der Waals surface area contributed by atoms with E-state index in [9.17, 15) is 9.59 Å². The van der Waals surface area contributed by atoms with Crippen LogP contribution < -0.4 is 5.56 Å². The van der Waals surface area contributed by atoms with Crippen LogP contribution in [0.1, 0.15) is 16.1 Å². The minimum absolute atomic E-state index is 0.250. The number of carbonyl (C=O) groups is 1. The number of benzene rings is 3. The third-order valence-corrected chi connectivity index (χ3v) is 6.47. The van der Waals surface area contributed by atoms with Crippen molar-refractivity contribution in [3.63, 3.8) is 0 Å². The lowest BCUT2D eigenvalue weighted by atomic mass is 10.1. The van der Waals surface area contributed by atoms with Gasteiger partial charge < -0.3 is 13.6 Å². The van der Waals surface area contributed by atoms with Crippen molar-refractivity contribution in [3.05, 3.63) is 111 Å². The summed E-state index contributed by atoms with van der Waals surface area (Å²) in [4.78, 5) is 30.3. The second-order valence-corrected chi connectivity index (χ2v) is 9.26. The van der Waals surface area contributed by atoms with Crippen LogP contribution in [0.25, 0.3) is 44.8 Å². The van der Waals surface area contributed by atoms with Crippen molar-refractivity contribution in [2.45, 2.75) is 0 Å². The van der Waals surface area contributed by atoms with E-state index in [-0.39, 0.29) is 11.4 Å². The highest BCUT2D eigenvalue weighted by Gasteiger charge is 2.18. The maximum absolute atomic E-state index is 13.5. The fraction of sp³-hybridized carbons (Fsp3) is 0.0345. The quantitative estimate of drug-likeness (QED) is 0.174. The van der Waals surface area contributed by atoms with E-state index in [1.165, 1.54) is 18.0 Å². The van der Waals surface area contributed by atoms with Crippen LogP contribution >= 0.6 is 15.9 Å². The fourth-order valence-electron chi connectivity index (χ4n) is 4.18. The van der Waals surface area contributed by atoms with E-state index in [1.807, 2.05) is 30.3 Å². The first kappa shape index (κ1) is 23.6. The number of rotatable bonds is 5. The van der Waals surface area contributed by atoms with E-state index in [1.54, 1.807) is 54.6 Å². The van der Waals surface area contributed by atoms with E-state index in [0.717, 1.165) is 9.86 Å². The van der Waals surface area contributed by atoms with Crippen LogP contribution in [0.2, 0.25) is 0 Å². The van der Waals surface area contributed by atoms with Crippen LogP contribution in [-0.4, -0.2) is 29.0 Å². The van der Waals surface area contributed by atoms with Gasteiger partial charge in [0.15, 0.2) is 5.76 Å². The van der Waals surface area contributed by atoms with E-state index in [0.29, 0.717) is 44.9 Å². The maximum Gasteiger partial charge on any atom is 0.338 e. The summed E-state index contributed by atoms with van der Waals surface area (Å²) in [5.74, 6) is 1.01. The summed E-state index contributed by atoms with van der Waals surface area (Å²) >= 11 is 3.47. The SMILES string of the molecule is COC(=O)c1ccccc1-c1ccc(C=Nn2c(-c3cc4cc(Br)ccc4o3)nc3ccccc3c2=O)o1. The smallest absolute Gasteiger partial charge is 0.338 e. The Labute approximate surface area is 223 Å². The standard InChI is InChI=1S/C29H18BrN3O5/c1-36-29(35)21-7-3-2-6-20(21)25-13-11-19(37-25)16-31-33-27(32-23-9-5-4-8-22(23)28(33)34)26-15-17-14-18(30)10-12-24(17)38-26/h2-16H,1H3. The predicted molar refractivity (Wildman–Crippen MR) is 147 cm³/mol. The first-order valence-electron chi connectivity index (χ1n) is 11.5. The lowest BCUT2D eigenvalue weighted by molar-refractivity contribution is 0.0601. The lowest BCUT2D eigenvalue weighted by Gasteiger charge is -2.07. The molecule has 38 heavy (non-hydrogen) atoms. The number of aromatic nitrogens is 2. The molecule has 0 aliphatic rings. The molecule has 0 aliphatic carbocycles. The summed E-state index contributed by atoms with van der Waals surface area (Å²) in [7, 11) is 1.33. The average molecular weight is 568 g/mol. The number of fused-ring (bicyclic) bond motifs is 2. The Kier molecular flexibility index (Phi) is 5.97. The minimum Gasteiger partial charge on any atom is -0.465 e. The van der Waals surface area contributed by atoms with Gasteiger partial charge in [-0.2, -0.15) is 9.78 Å². The fourth-order valence-corrected chi connectivity index (χ4v) is 4.56.